The molecule has 0 radical (unpaired) electrons. The van der Waals surface area contributed by atoms with Crippen molar-refractivity contribution < 1.29 is 19.3 Å². The van der Waals surface area contributed by atoms with Crippen LogP contribution in [0.5, 0.6) is 0 Å². The third kappa shape index (κ3) is 2.24. The van der Waals surface area contributed by atoms with Gasteiger partial charge >= 0.3 is 0 Å². The topological polar surface area (TPSA) is 97.6 Å². The minimum absolute atomic E-state index is 0.160. The number of amides is 2. The van der Waals surface area contributed by atoms with Gasteiger partial charge in [0, 0.05) is 17.5 Å². The number of rotatable bonds is 3. The highest BCUT2D eigenvalue weighted by Crippen LogP contribution is 2.64. The Labute approximate surface area is 195 Å². The minimum atomic E-state index is -1.29. The molecule has 3 aliphatic carbocycles. The minimum Gasteiger partial charge on any atom is -0.299 e. The van der Waals surface area contributed by atoms with Crippen LogP contribution in [0.1, 0.15) is 40.7 Å². The van der Waals surface area contributed by atoms with Crippen LogP contribution >= 0.6 is 0 Å². The number of carbonyl (C=O) groups is 3. The number of hydrogen-bond acceptors (Lipinski definition) is 5. The number of hydrogen-bond donors (Lipinski definition) is 0. The summed E-state index contributed by atoms with van der Waals surface area (Å²) in [6.07, 6.45) is 0. The van der Waals surface area contributed by atoms with E-state index in [-0.39, 0.29) is 23.1 Å². The van der Waals surface area contributed by atoms with Crippen molar-refractivity contribution in [2.24, 2.45) is 11.8 Å². The fraction of sp³-hybridized carbons (Fsp3) is 0.222. The van der Waals surface area contributed by atoms with Crippen molar-refractivity contribution in [2.45, 2.75) is 25.2 Å². The predicted molar refractivity (Wildman–Crippen MR) is 123 cm³/mol. The molecule has 0 spiro atoms. The Bertz CT molecular complexity index is 1410. The number of Topliss-reactive ketones (excluding diaryl/α,β-unsaturated/α-hetero) is 1. The normalized spacial score (nSPS) is 26.2. The Morgan fingerprint density at radius 2 is 1.53 bits per heavy atom. The van der Waals surface area contributed by atoms with Crippen molar-refractivity contribution in [1.82, 2.24) is 0 Å². The highest BCUT2D eigenvalue weighted by atomic mass is 16.6. The summed E-state index contributed by atoms with van der Waals surface area (Å²) in [5.41, 5.74) is 2.45. The molecular formula is C27H20N2O5. The van der Waals surface area contributed by atoms with E-state index in [0.29, 0.717) is 5.56 Å². The lowest BCUT2D eigenvalue weighted by atomic mass is 9.46. The van der Waals surface area contributed by atoms with Gasteiger partial charge in [0.2, 0.25) is 11.8 Å². The third-order valence-electron chi connectivity index (χ3n) is 7.82. The molecule has 1 aliphatic heterocycles. The van der Waals surface area contributed by atoms with E-state index in [4.69, 9.17) is 0 Å². The lowest BCUT2D eigenvalue weighted by Crippen LogP contribution is -2.57. The summed E-state index contributed by atoms with van der Waals surface area (Å²) in [5.74, 6) is -3.15. The van der Waals surface area contributed by atoms with Crippen molar-refractivity contribution in [3.8, 4) is 0 Å². The van der Waals surface area contributed by atoms with Gasteiger partial charge in [0.15, 0.2) is 0 Å². The van der Waals surface area contributed by atoms with E-state index in [0.717, 1.165) is 27.2 Å². The Morgan fingerprint density at radius 3 is 2.09 bits per heavy atom. The van der Waals surface area contributed by atoms with Crippen molar-refractivity contribution in [1.29, 1.82) is 0 Å². The molecule has 7 rings (SSSR count). The fourth-order valence-corrected chi connectivity index (χ4v) is 6.56. The first-order valence-corrected chi connectivity index (χ1v) is 11.1. The maximum Gasteiger partial charge on any atom is 0.274 e. The molecule has 7 nitrogen and oxygen atoms in total. The van der Waals surface area contributed by atoms with Gasteiger partial charge < -0.3 is 0 Å². The van der Waals surface area contributed by atoms with Crippen LogP contribution in [-0.2, 0) is 19.8 Å². The first-order valence-electron chi connectivity index (χ1n) is 11.1. The summed E-state index contributed by atoms with van der Waals surface area (Å²) in [6.45, 7) is 3.08. The van der Waals surface area contributed by atoms with Gasteiger partial charge in [0.25, 0.3) is 5.69 Å². The van der Waals surface area contributed by atoms with E-state index < -0.39 is 34.0 Å². The Balaban J connectivity index is 1.63. The fourth-order valence-electron chi connectivity index (χ4n) is 6.56. The quantitative estimate of drug-likeness (QED) is 0.339. The number of carbonyl (C=O) groups excluding carboxylic acids is 3. The highest BCUT2D eigenvalue weighted by molar-refractivity contribution is 6.25. The summed E-state index contributed by atoms with van der Waals surface area (Å²) in [4.78, 5) is 53.6. The number of benzene rings is 3. The lowest BCUT2D eigenvalue weighted by Gasteiger charge is -2.52. The van der Waals surface area contributed by atoms with Crippen molar-refractivity contribution >= 4 is 29.0 Å². The molecule has 0 unspecified atom stereocenters. The van der Waals surface area contributed by atoms with Gasteiger partial charge in [-0.1, -0.05) is 54.6 Å². The maximum atomic E-state index is 14.0. The van der Waals surface area contributed by atoms with Crippen LogP contribution < -0.4 is 4.90 Å². The molecule has 2 amide bonds. The Morgan fingerprint density at radius 1 is 0.941 bits per heavy atom. The number of anilines is 1. The van der Waals surface area contributed by atoms with Crippen LogP contribution in [-0.4, -0.2) is 22.5 Å². The zero-order valence-corrected chi connectivity index (χ0v) is 18.5. The van der Waals surface area contributed by atoms with Crippen molar-refractivity contribution in [3.05, 3.63) is 105 Å². The monoisotopic (exact) mass is 452 g/mol. The molecule has 4 aliphatic rings. The first kappa shape index (κ1) is 20.5. The number of ketones is 1. The number of aryl methyl sites for hydroxylation is 1. The smallest absolute Gasteiger partial charge is 0.274 e. The van der Waals surface area contributed by atoms with Crippen molar-refractivity contribution in [2.75, 3.05) is 4.90 Å². The number of nitrogens with zero attached hydrogens (tertiary/aromatic N) is 2. The van der Waals surface area contributed by atoms with Gasteiger partial charge in [-0.25, -0.2) is 4.90 Å². The van der Waals surface area contributed by atoms with Crippen LogP contribution in [0.4, 0.5) is 11.4 Å². The second kappa shape index (κ2) is 6.70. The van der Waals surface area contributed by atoms with E-state index in [1.54, 1.807) is 13.0 Å². The van der Waals surface area contributed by atoms with Crippen LogP contribution in [0.3, 0.4) is 0 Å². The predicted octanol–water partition coefficient (Wildman–Crippen LogP) is 4.04. The average Bonchev–Trinajstić information content (AvgIpc) is 3.10. The van der Waals surface area contributed by atoms with Gasteiger partial charge in [0.05, 0.1) is 27.9 Å². The molecule has 168 valence electrons. The van der Waals surface area contributed by atoms with Crippen LogP contribution in [0.25, 0.3) is 0 Å². The van der Waals surface area contributed by atoms with Crippen LogP contribution in [0, 0.1) is 28.9 Å². The Kier molecular flexibility index (Phi) is 4.03. The second-order valence-corrected chi connectivity index (χ2v) is 9.26. The maximum absolute atomic E-state index is 14.0. The molecule has 3 aromatic rings. The molecule has 0 N–H and O–H groups in total. The SMILES string of the molecule is CC(=O)C12c3ccccc3C(c3ccccc31)[C@H]1C(=O)N(c3ccc(C)c([N+](=O)[O-])c3)C(=O)[C@@H]12. The molecule has 1 heterocycles. The largest absolute Gasteiger partial charge is 0.299 e. The molecule has 0 saturated carbocycles. The van der Waals surface area contributed by atoms with Gasteiger partial charge in [-0.3, -0.25) is 24.5 Å². The van der Waals surface area contributed by atoms with Gasteiger partial charge in [-0.15, -0.1) is 0 Å². The van der Waals surface area contributed by atoms with E-state index in [2.05, 4.69) is 0 Å². The summed E-state index contributed by atoms with van der Waals surface area (Å²) in [7, 11) is 0. The van der Waals surface area contributed by atoms with Crippen LogP contribution in [0.2, 0.25) is 0 Å². The number of nitro benzene ring substituents is 1. The lowest BCUT2D eigenvalue weighted by molar-refractivity contribution is -0.385. The molecule has 0 aromatic heterocycles. The van der Waals surface area contributed by atoms with E-state index in [1.165, 1.54) is 19.1 Å². The summed E-state index contributed by atoms with van der Waals surface area (Å²) >= 11 is 0. The van der Waals surface area contributed by atoms with Gasteiger partial charge in [-0.05, 0) is 42.2 Å². The zero-order valence-electron chi connectivity index (χ0n) is 18.5. The van der Waals surface area contributed by atoms with E-state index >= 15 is 0 Å². The summed E-state index contributed by atoms with van der Waals surface area (Å²) in [5, 5.41) is 11.5. The molecular weight excluding hydrogens is 432 g/mol. The summed E-state index contributed by atoms with van der Waals surface area (Å²) in [6, 6.07) is 19.5. The summed E-state index contributed by atoms with van der Waals surface area (Å²) < 4.78 is 0. The Hall–Kier alpha value is -4.13. The van der Waals surface area contributed by atoms with Gasteiger partial charge in [-0.2, -0.15) is 0 Å². The van der Waals surface area contributed by atoms with Crippen LogP contribution in [0.15, 0.2) is 66.7 Å². The highest BCUT2D eigenvalue weighted by Gasteiger charge is 2.70. The average molecular weight is 452 g/mol. The third-order valence-corrected chi connectivity index (χ3v) is 7.82. The molecule has 34 heavy (non-hydrogen) atoms. The first-order chi connectivity index (χ1) is 16.3. The molecule has 2 atom stereocenters. The number of nitro groups is 1. The van der Waals surface area contributed by atoms with Crippen molar-refractivity contribution in [3.63, 3.8) is 0 Å². The van der Waals surface area contributed by atoms with E-state index in [1.807, 2.05) is 48.5 Å². The molecule has 7 heteroatoms. The molecule has 2 bridgehead atoms. The molecule has 3 aromatic carbocycles. The number of imide groups is 1. The molecule has 1 saturated heterocycles. The van der Waals surface area contributed by atoms with E-state index in [9.17, 15) is 24.5 Å². The molecule has 1 fully saturated rings. The zero-order chi connectivity index (χ0) is 23.9. The van der Waals surface area contributed by atoms with Gasteiger partial charge in [0.1, 0.15) is 5.78 Å². The second-order valence-electron chi connectivity index (χ2n) is 9.26. The standard InChI is InChI=1S/C27H20N2O5/c1-14-11-12-16(13-21(14)29(33)34)28-25(31)23-22-17-7-3-5-9-19(17)27(15(2)30,24(23)26(28)32)20-10-6-4-8-18(20)22/h3-13,22-24H,1-2H3/t22?,23-,24-,27?/m1/s1.